The van der Waals surface area contributed by atoms with E-state index in [-0.39, 0.29) is 6.85 Å². The van der Waals surface area contributed by atoms with Crippen molar-refractivity contribution in [1.29, 1.82) is 0 Å². The predicted octanol–water partition coefficient (Wildman–Crippen LogP) is 10.6. The van der Waals surface area contributed by atoms with Crippen LogP contribution in [0.3, 0.4) is 0 Å². The second-order valence-corrected chi connectivity index (χ2v) is 14.5. The van der Waals surface area contributed by atoms with E-state index in [9.17, 15) is 0 Å². The molecule has 11 aromatic rings. The number of fused-ring (bicyclic) bond motifs is 16. The van der Waals surface area contributed by atoms with Crippen LogP contribution in [-0.2, 0) is 0 Å². The van der Waals surface area contributed by atoms with Crippen molar-refractivity contribution in [2.45, 2.75) is 6.92 Å². The lowest BCUT2D eigenvalue weighted by Crippen LogP contribution is -2.60. The maximum atomic E-state index is 2.67. The zero-order valence-corrected chi connectivity index (χ0v) is 27.9. The quantitative estimate of drug-likeness (QED) is 0.162. The molecule has 4 heteroatoms. The number of hydrogen-bond donors (Lipinski definition) is 0. The first-order valence-electron chi connectivity index (χ1n) is 17.9. The molecule has 2 aliphatic rings. The van der Waals surface area contributed by atoms with E-state index >= 15 is 0 Å². The van der Waals surface area contributed by atoms with Crippen molar-refractivity contribution in [3.63, 3.8) is 0 Å². The fourth-order valence-corrected chi connectivity index (χ4v) is 10.2. The highest BCUT2D eigenvalue weighted by molar-refractivity contribution is 6.94. The van der Waals surface area contributed by atoms with Gasteiger partial charge in [-0.15, -0.1) is 0 Å². The Morgan fingerprint density at radius 2 is 1.12 bits per heavy atom. The standard InChI is InChI=1S/C47H28BN3/c1-27-12-2-7-21-36(27)51-40-25-24-39-42(34-19-10-17-32-30-15-5-8-22-37(30)49(39)46(32)34)44(40)43-29-14-4-3-13-28(29)26-41-45(43)48(51)35-20-11-18-33-31-16-6-9-23-38(31)50(41)47(33)35/h2-26H,1H3. The lowest BCUT2D eigenvalue weighted by Gasteiger charge is -2.43. The van der Waals surface area contributed by atoms with Gasteiger partial charge in [-0.05, 0) is 76.1 Å². The summed E-state index contributed by atoms with van der Waals surface area (Å²) in [7, 11) is 0. The molecule has 0 atom stereocenters. The van der Waals surface area contributed by atoms with Gasteiger partial charge < -0.3 is 13.8 Å². The van der Waals surface area contributed by atoms with E-state index in [0.717, 1.165) is 0 Å². The molecule has 3 nitrogen and oxygen atoms in total. The fourth-order valence-electron chi connectivity index (χ4n) is 10.2. The van der Waals surface area contributed by atoms with Crippen LogP contribution >= 0.6 is 0 Å². The van der Waals surface area contributed by atoms with Crippen LogP contribution in [0.25, 0.3) is 87.5 Å². The van der Waals surface area contributed by atoms with Crippen molar-refractivity contribution < 1.29 is 0 Å². The van der Waals surface area contributed by atoms with Crippen LogP contribution in [0.4, 0.5) is 11.4 Å². The second kappa shape index (κ2) is 8.98. The van der Waals surface area contributed by atoms with E-state index in [0.29, 0.717) is 0 Å². The van der Waals surface area contributed by atoms with Crippen molar-refractivity contribution >= 4 is 99.8 Å². The monoisotopic (exact) mass is 645 g/mol. The maximum absolute atomic E-state index is 2.67. The summed E-state index contributed by atoms with van der Waals surface area (Å²) in [6.45, 7) is 2.25. The Balaban J connectivity index is 1.32. The Bertz CT molecular complexity index is 3350. The molecular formula is C47H28BN3. The van der Waals surface area contributed by atoms with E-state index in [1.165, 1.54) is 115 Å². The zero-order chi connectivity index (χ0) is 33.1. The van der Waals surface area contributed by atoms with Gasteiger partial charge in [-0.25, -0.2) is 0 Å². The van der Waals surface area contributed by atoms with Crippen molar-refractivity contribution in [3.8, 4) is 16.8 Å². The number of para-hydroxylation sites is 5. The topological polar surface area (TPSA) is 12.6 Å². The van der Waals surface area contributed by atoms with Gasteiger partial charge >= 0.3 is 6.85 Å². The van der Waals surface area contributed by atoms with Crippen molar-refractivity contribution in [2.24, 2.45) is 0 Å². The van der Waals surface area contributed by atoms with Gasteiger partial charge in [-0.2, -0.15) is 0 Å². The minimum absolute atomic E-state index is 0.0105. The van der Waals surface area contributed by atoms with E-state index in [2.05, 4.69) is 172 Å². The smallest absolute Gasteiger partial charge is 0.333 e. The molecule has 5 heterocycles. The highest BCUT2D eigenvalue weighted by Gasteiger charge is 2.45. The molecule has 2 aliphatic heterocycles. The number of aromatic nitrogens is 2. The number of rotatable bonds is 1. The summed E-state index contributed by atoms with van der Waals surface area (Å²) >= 11 is 0. The van der Waals surface area contributed by atoms with Crippen molar-refractivity contribution in [2.75, 3.05) is 4.81 Å². The van der Waals surface area contributed by atoms with Crippen LogP contribution < -0.4 is 15.7 Å². The van der Waals surface area contributed by atoms with Crippen LogP contribution in [0.15, 0.2) is 152 Å². The maximum Gasteiger partial charge on any atom is 0.333 e. The first-order valence-corrected chi connectivity index (χ1v) is 17.9. The molecule has 13 rings (SSSR count). The molecule has 0 aliphatic carbocycles. The number of aryl methyl sites for hydroxylation is 1. The summed E-state index contributed by atoms with van der Waals surface area (Å²) in [6.07, 6.45) is 0. The molecule has 0 N–H and O–H groups in total. The Morgan fingerprint density at radius 3 is 1.98 bits per heavy atom. The van der Waals surface area contributed by atoms with Crippen LogP contribution in [0.2, 0.25) is 0 Å². The number of anilines is 2. The summed E-state index contributed by atoms with van der Waals surface area (Å²) in [4.78, 5) is 2.67. The molecule has 0 spiro atoms. The summed E-state index contributed by atoms with van der Waals surface area (Å²) in [5, 5.41) is 10.4. The van der Waals surface area contributed by atoms with E-state index in [1.54, 1.807) is 0 Å². The Labute approximate surface area is 293 Å². The molecule has 3 aromatic heterocycles. The van der Waals surface area contributed by atoms with E-state index in [4.69, 9.17) is 0 Å². The third kappa shape index (κ3) is 2.98. The molecule has 8 aromatic carbocycles. The van der Waals surface area contributed by atoms with Gasteiger partial charge in [0, 0.05) is 54.9 Å². The number of nitrogens with zero attached hydrogens (tertiary/aromatic N) is 3. The summed E-state index contributed by atoms with van der Waals surface area (Å²) < 4.78 is 5.10. The molecule has 234 valence electrons. The van der Waals surface area contributed by atoms with Gasteiger partial charge in [0.05, 0.1) is 27.6 Å². The predicted molar refractivity (Wildman–Crippen MR) is 217 cm³/mol. The van der Waals surface area contributed by atoms with Gasteiger partial charge in [0.25, 0.3) is 0 Å². The largest absolute Gasteiger partial charge is 0.376 e. The van der Waals surface area contributed by atoms with Crippen LogP contribution in [0.1, 0.15) is 5.56 Å². The summed E-state index contributed by atoms with van der Waals surface area (Å²) in [5.74, 6) is 0. The second-order valence-electron chi connectivity index (χ2n) is 14.5. The van der Waals surface area contributed by atoms with E-state index in [1.807, 2.05) is 0 Å². The molecule has 0 radical (unpaired) electrons. The average Bonchev–Trinajstić information content (AvgIpc) is 3.83. The molecule has 0 saturated carbocycles. The minimum atomic E-state index is -0.0105. The van der Waals surface area contributed by atoms with Gasteiger partial charge in [-0.1, -0.05) is 115 Å². The van der Waals surface area contributed by atoms with Crippen LogP contribution in [0, 0.1) is 6.92 Å². The van der Waals surface area contributed by atoms with Crippen molar-refractivity contribution in [3.05, 3.63) is 157 Å². The molecule has 0 unspecified atom stereocenters. The fraction of sp³-hybridized carbons (Fsp3) is 0.0213. The minimum Gasteiger partial charge on any atom is -0.376 e. The first kappa shape index (κ1) is 26.4. The molecule has 51 heavy (non-hydrogen) atoms. The van der Waals surface area contributed by atoms with Gasteiger partial charge in [0.2, 0.25) is 0 Å². The van der Waals surface area contributed by atoms with Gasteiger partial charge in [-0.3, -0.25) is 0 Å². The Hall–Kier alpha value is -6.52. The highest BCUT2D eigenvalue weighted by Crippen LogP contribution is 2.52. The summed E-state index contributed by atoms with van der Waals surface area (Å²) in [5.41, 5.74) is 16.9. The van der Waals surface area contributed by atoms with Crippen LogP contribution in [-0.4, -0.2) is 15.8 Å². The number of hydrogen-bond acceptors (Lipinski definition) is 1. The van der Waals surface area contributed by atoms with Gasteiger partial charge in [0.1, 0.15) is 0 Å². The lowest BCUT2D eigenvalue weighted by atomic mass is 9.43. The molecular weight excluding hydrogens is 617 g/mol. The van der Waals surface area contributed by atoms with Crippen LogP contribution in [0.5, 0.6) is 0 Å². The third-order valence-electron chi connectivity index (χ3n) is 12.1. The molecule has 0 bridgehead atoms. The number of benzene rings is 8. The first-order chi connectivity index (χ1) is 25.3. The van der Waals surface area contributed by atoms with E-state index < -0.39 is 0 Å². The highest BCUT2D eigenvalue weighted by atomic mass is 15.1. The Kier molecular flexibility index (Phi) is 4.64. The molecule has 0 saturated heterocycles. The van der Waals surface area contributed by atoms with Gasteiger partial charge in [0.15, 0.2) is 0 Å². The van der Waals surface area contributed by atoms with Crippen molar-refractivity contribution in [1.82, 2.24) is 8.97 Å². The normalized spacial score (nSPS) is 13.5. The Morgan fingerprint density at radius 1 is 0.451 bits per heavy atom. The molecule has 0 amide bonds. The molecule has 0 fully saturated rings. The average molecular weight is 646 g/mol. The summed E-state index contributed by atoms with van der Waals surface area (Å²) in [6, 6.07) is 57.0. The third-order valence-corrected chi connectivity index (χ3v) is 12.1. The lowest BCUT2D eigenvalue weighted by molar-refractivity contribution is 1.18. The SMILES string of the molecule is Cc1ccccc1N1B2c3c(cc4ccccc4c3-c3c1ccc1c3c3cccc4c5ccccc5n1c43)-n1c3ccccc3c3cccc2c31. The zero-order valence-electron chi connectivity index (χ0n) is 27.9.